The average molecular weight is 804 g/mol. The van der Waals surface area contributed by atoms with Gasteiger partial charge in [-0.1, -0.05) is 39.8 Å². The number of hydrogen-bond donors (Lipinski definition) is 1. The predicted molar refractivity (Wildman–Crippen MR) is 225 cm³/mol. The van der Waals surface area contributed by atoms with Crippen LogP contribution in [0.1, 0.15) is 105 Å². The summed E-state index contributed by atoms with van der Waals surface area (Å²) in [6.07, 6.45) is 5.71. The third-order valence-corrected chi connectivity index (χ3v) is 13.1. The van der Waals surface area contributed by atoms with Crippen LogP contribution in [-0.2, 0) is 9.53 Å². The van der Waals surface area contributed by atoms with Crippen LogP contribution in [0.5, 0.6) is 23.0 Å². The summed E-state index contributed by atoms with van der Waals surface area (Å²) in [6.45, 7) is 14.3. The number of nitriles is 1. The maximum atomic E-state index is 13.6. The second-order valence-corrected chi connectivity index (χ2v) is 17.8. The fourth-order valence-corrected chi connectivity index (χ4v) is 9.88. The van der Waals surface area contributed by atoms with E-state index in [1.165, 1.54) is 7.11 Å². The lowest BCUT2D eigenvalue weighted by atomic mass is 9.44. The van der Waals surface area contributed by atoms with Crippen LogP contribution in [0.25, 0.3) is 0 Å². The molecular weight excluding hydrogens is 747 g/mol. The molecule has 312 valence electrons. The van der Waals surface area contributed by atoms with Gasteiger partial charge in [0.25, 0.3) is 5.91 Å². The van der Waals surface area contributed by atoms with Gasteiger partial charge in [-0.05, 0) is 80.1 Å². The second kappa shape index (κ2) is 17.1. The van der Waals surface area contributed by atoms with Gasteiger partial charge in [-0.3, -0.25) is 14.4 Å². The lowest BCUT2D eigenvalue weighted by Crippen LogP contribution is -2.66. The number of ketones is 2. The van der Waals surface area contributed by atoms with Gasteiger partial charge < -0.3 is 33.9 Å². The molecule has 0 bridgehead atoms. The van der Waals surface area contributed by atoms with Gasteiger partial charge in [0.1, 0.15) is 41.3 Å². The highest BCUT2D eigenvalue weighted by Gasteiger charge is 2.63. The Morgan fingerprint density at radius 2 is 1.49 bits per heavy atom. The minimum atomic E-state index is -0.508. The molecule has 3 aromatic carbocycles. The van der Waals surface area contributed by atoms with Crippen LogP contribution >= 0.6 is 0 Å². The first kappa shape index (κ1) is 41.8. The molecule has 1 atom stereocenters. The van der Waals surface area contributed by atoms with E-state index in [1.807, 2.05) is 12.1 Å². The smallest absolute Gasteiger partial charge is 0.255 e. The number of nitrogens with zero attached hydrogens (tertiary/aromatic N) is 2. The molecular formula is C48H57N3O8. The first-order valence-corrected chi connectivity index (χ1v) is 20.8. The third kappa shape index (κ3) is 8.84. The molecule has 1 amide bonds. The molecule has 1 aliphatic heterocycles. The predicted octanol–water partition coefficient (Wildman–Crippen LogP) is 8.28. The molecule has 1 unspecified atom stereocenters. The highest BCUT2D eigenvalue weighted by atomic mass is 16.5. The molecule has 11 heteroatoms. The standard InChI is InChI=1S/C48H57N3O8/c1-29-8-17-39(41(53)22-29)50-45(54)38-16-15-34(26-43(38)56-7)58-37-23-36(24-37)57-33-18-20-51(21-19-33)32-12-9-30(10-13-32)40(52)27-44-47(2,3)46(48(44,4)5)59-35-14-11-31(28-49)42(25-35)55-6/h9-16,25-26,33,36-37,39,44,46H,1,8,17-24,27H2,2-7H3,(H,50,54). The normalized spacial score (nSPS) is 24.8. The zero-order chi connectivity index (χ0) is 42.1. The van der Waals surface area contributed by atoms with Crippen LogP contribution in [0.4, 0.5) is 5.69 Å². The first-order valence-electron chi connectivity index (χ1n) is 20.8. The molecule has 3 aromatic rings. The molecule has 4 fully saturated rings. The Morgan fingerprint density at radius 3 is 2.14 bits per heavy atom. The van der Waals surface area contributed by atoms with Gasteiger partial charge in [-0.25, -0.2) is 0 Å². The molecule has 3 saturated carbocycles. The van der Waals surface area contributed by atoms with Crippen LogP contribution in [0.3, 0.4) is 0 Å². The summed E-state index contributed by atoms with van der Waals surface area (Å²) in [5.41, 5.74) is 3.09. The number of benzene rings is 3. The molecule has 11 nitrogen and oxygen atoms in total. The van der Waals surface area contributed by atoms with E-state index in [2.05, 4.69) is 62.7 Å². The number of carbonyl (C=O) groups excluding carboxylic acids is 3. The van der Waals surface area contributed by atoms with Crippen molar-refractivity contribution in [2.24, 2.45) is 16.7 Å². The van der Waals surface area contributed by atoms with Crippen LogP contribution in [0.2, 0.25) is 0 Å². The molecule has 0 spiro atoms. The van der Waals surface area contributed by atoms with Gasteiger partial charge in [-0.15, -0.1) is 0 Å². The molecule has 4 aliphatic rings. The Labute approximate surface area is 348 Å². The maximum absolute atomic E-state index is 13.6. The summed E-state index contributed by atoms with van der Waals surface area (Å²) >= 11 is 0. The van der Waals surface area contributed by atoms with E-state index in [-0.39, 0.29) is 58.6 Å². The SMILES string of the molecule is C=C1CCC(NC(=O)c2ccc(OC3CC(OC4CCN(c5ccc(C(=O)CC6C(C)(C)C(Oc7ccc(C#N)c(OC)c7)C6(C)C)cc5)CC4)C3)cc2OC)C(=O)C1. The molecule has 0 aromatic heterocycles. The summed E-state index contributed by atoms with van der Waals surface area (Å²) in [5.74, 6) is 2.07. The Bertz CT molecular complexity index is 2090. The van der Waals surface area contributed by atoms with Crippen LogP contribution in [0.15, 0.2) is 72.8 Å². The second-order valence-electron chi connectivity index (χ2n) is 17.8. The molecule has 1 saturated heterocycles. The number of rotatable bonds is 14. The molecule has 1 heterocycles. The fraction of sp³-hybridized carbons (Fsp3) is 0.500. The number of carbonyl (C=O) groups is 3. The number of ether oxygens (including phenoxy) is 5. The zero-order valence-electron chi connectivity index (χ0n) is 35.2. The summed E-state index contributed by atoms with van der Waals surface area (Å²) in [6, 6.07) is 20.1. The fourth-order valence-electron chi connectivity index (χ4n) is 9.88. The average Bonchev–Trinajstić information content (AvgIpc) is 3.21. The van der Waals surface area contributed by atoms with Crippen LogP contribution in [0, 0.1) is 28.1 Å². The maximum Gasteiger partial charge on any atom is 0.255 e. The van der Waals surface area contributed by atoms with Gasteiger partial charge in [-0.2, -0.15) is 5.26 Å². The molecule has 1 N–H and O–H groups in total. The summed E-state index contributed by atoms with van der Waals surface area (Å²) < 4.78 is 30.1. The number of anilines is 1. The highest BCUT2D eigenvalue weighted by molar-refractivity contribution is 6.00. The minimum Gasteiger partial charge on any atom is -0.496 e. The lowest BCUT2D eigenvalue weighted by Gasteiger charge is -2.63. The number of piperidine rings is 1. The third-order valence-electron chi connectivity index (χ3n) is 13.1. The van der Waals surface area contributed by atoms with Crippen molar-refractivity contribution in [3.63, 3.8) is 0 Å². The molecule has 59 heavy (non-hydrogen) atoms. The Morgan fingerprint density at radius 1 is 0.847 bits per heavy atom. The van der Waals surface area contributed by atoms with Crippen molar-refractivity contribution in [3.05, 3.63) is 89.5 Å². The Hall–Kier alpha value is -5.34. The van der Waals surface area contributed by atoms with E-state index >= 15 is 0 Å². The van der Waals surface area contributed by atoms with Crippen molar-refractivity contribution in [3.8, 4) is 29.1 Å². The molecule has 3 aliphatic carbocycles. The lowest BCUT2D eigenvalue weighted by molar-refractivity contribution is -0.196. The van der Waals surface area contributed by atoms with E-state index < -0.39 is 6.04 Å². The van der Waals surface area contributed by atoms with Crippen molar-refractivity contribution < 1.29 is 38.1 Å². The van der Waals surface area contributed by atoms with Gasteiger partial charge >= 0.3 is 0 Å². The number of allylic oxidation sites excluding steroid dienone is 1. The first-order chi connectivity index (χ1) is 28.2. The quantitative estimate of drug-likeness (QED) is 0.125. The van der Waals surface area contributed by atoms with Crippen molar-refractivity contribution in [1.82, 2.24) is 5.32 Å². The van der Waals surface area contributed by atoms with E-state index in [4.69, 9.17) is 23.7 Å². The highest BCUT2D eigenvalue weighted by Crippen LogP contribution is 2.62. The van der Waals surface area contributed by atoms with Crippen molar-refractivity contribution in [2.75, 3.05) is 32.2 Å². The zero-order valence-corrected chi connectivity index (χ0v) is 35.2. The van der Waals surface area contributed by atoms with E-state index in [9.17, 15) is 19.6 Å². The summed E-state index contributed by atoms with van der Waals surface area (Å²) in [4.78, 5) is 41.3. The van der Waals surface area contributed by atoms with Gasteiger partial charge in [0.15, 0.2) is 11.6 Å². The van der Waals surface area contributed by atoms with E-state index in [0.29, 0.717) is 53.4 Å². The topological polar surface area (TPSA) is 136 Å². The van der Waals surface area contributed by atoms with Gasteiger partial charge in [0.05, 0.1) is 43.6 Å². The van der Waals surface area contributed by atoms with Gasteiger partial charge in [0.2, 0.25) is 0 Å². The van der Waals surface area contributed by atoms with Crippen molar-refractivity contribution in [1.29, 1.82) is 5.26 Å². The summed E-state index contributed by atoms with van der Waals surface area (Å²) in [7, 11) is 3.06. The van der Waals surface area contributed by atoms with E-state index in [1.54, 1.807) is 43.5 Å². The Kier molecular flexibility index (Phi) is 12.1. The Balaban J connectivity index is 0.836. The summed E-state index contributed by atoms with van der Waals surface area (Å²) in [5, 5.41) is 12.2. The largest absolute Gasteiger partial charge is 0.496 e. The van der Waals surface area contributed by atoms with Crippen LogP contribution in [-0.4, -0.2) is 75.2 Å². The van der Waals surface area contributed by atoms with Gasteiger partial charge in [0, 0.05) is 73.0 Å². The number of hydrogen-bond acceptors (Lipinski definition) is 10. The van der Waals surface area contributed by atoms with Crippen molar-refractivity contribution >= 4 is 23.2 Å². The molecule has 7 rings (SSSR count). The van der Waals surface area contributed by atoms with Crippen molar-refractivity contribution in [2.45, 2.75) is 110 Å². The number of Topliss-reactive ketones (excluding diaryl/α,β-unsaturated/α-hetero) is 2. The number of nitrogens with one attached hydrogen (secondary N) is 1. The molecule has 0 radical (unpaired) electrons. The monoisotopic (exact) mass is 803 g/mol. The van der Waals surface area contributed by atoms with E-state index in [0.717, 1.165) is 62.0 Å². The minimum absolute atomic E-state index is 0.0128. The number of amides is 1. The van der Waals surface area contributed by atoms with Crippen LogP contribution < -0.4 is 29.2 Å². The number of methoxy groups -OCH3 is 2.